The van der Waals surface area contributed by atoms with Crippen LogP contribution in [0.25, 0.3) is 0 Å². The van der Waals surface area contributed by atoms with Crippen LogP contribution >= 0.6 is 0 Å². The zero-order valence-corrected chi connectivity index (χ0v) is 33.7. The van der Waals surface area contributed by atoms with Gasteiger partial charge in [0.25, 0.3) is 0 Å². The number of esters is 1. The fourth-order valence-electron chi connectivity index (χ4n) is 13.8. The van der Waals surface area contributed by atoms with Gasteiger partial charge in [-0.05, 0) is 109 Å². The molecule has 7 aliphatic rings. The van der Waals surface area contributed by atoms with E-state index in [1.807, 2.05) is 0 Å². The highest BCUT2D eigenvalue weighted by atomic mass is 16.7. The summed E-state index contributed by atoms with van der Waals surface area (Å²) < 4.78 is 23.9. The molecule has 0 aromatic rings. The average Bonchev–Trinajstić information content (AvgIpc) is 3.14. The summed E-state index contributed by atoms with van der Waals surface area (Å²) >= 11 is 0. The molecule has 2 heterocycles. The lowest BCUT2D eigenvalue weighted by Crippen LogP contribution is -2.66. The predicted molar refractivity (Wildman–Crippen MR) is 197 cm³/mol. The summed E-state index contributed by atoms with van der Waals surface area (Å²) in [5.74, 6) is 0.652. The molecule has 20 atom stereocenters. The van der Waals surface area contributed by atoms with Crippen molar-refractivity contribution >= 4 is 5.97 Å². The van der Waals surface area contributed by atoms with E-state index in [4.69, 9.17) is 18.9 Å². The lowest BCUT2D eigenvalue weighted by atomic mass is 9.33. The van der Waals surface area contributed by atoms with Gasteiger partial charge in [0.05, 0.1) is 24.7 Å². The molecular formula is C42H68O13. The first-order valence-corrected chi connectivity index (χ1v) is 20.9. The van der Waals surface area contributed by atoms with Gasteiger partial charge in [0, 0.05) is 0 Å². The number of carbonyl (C=O) groups excluding carboxylic acids is 1. The Kier molecular flexibility index (Phi) is 11.0. The van der Waals surface area contributed by atoms with E-state index in [0.717, 1.165) is 44.9 Å². The summed E-state index contributed by atoms with van der Waals surface area (Å²) in [5.41, 5.74) is -0.136. The molecule has 5 aliphatic carbocycles. The van der Waals surface area contributed by atoms with Crippen molar-refractivity contribution in [3.8, 4) is 0 Å². The number of aliphatic hydroxyl groups excluding tert-OH is 8. The Morgan fingerprint density at radius 3 is 1.95 bits per heavy atom. The third-order valence-corrected chi connectivity index (χ3v) is 17.6. The fraction of sp³-hybridized carbons (Fsp3) is 0.929. The lowest BCUT2D eigenvalue weighted by Gasteiger charge is -2.71. The van der Waals surface area contributed by atoms with Crippen molar-refractivity contribution in [2.45, 2.75) is 174 Å². The lowest BCUT2D eigenvalue weighted by molar-refractivity contribution is -0.330. The van der Waals surface area contributed by atoms with Crippen molar-refractivity contribution in [2.24, 2.45) is 56.7 Å². The van der Waals surface area contributed by atoms with Gasteiger partial charge in [0.15, 0.2) is 6.29 Å². The molecule has 0 aromatic carbocycles. The summed E-state index contributed by atoms with van der Waals surface area (Å²) in [6.07, 6.45) is -4.58. The maximum absolute atomic E-state index is 14.6. The summed E-state index contributed by atoms with van der Waals surface area (Å²) in [5, 5.41) is 82.7. The van der Waals surface area contributed by atoms with Crippen molar-refractivity contribution in [3.05, 3.63) is 11.6 Å². The van der Waals surface area contributed by atoms with E-state index in [0.29, 0.717) is 24.7 Å². The van der Waals surface area contributed by atoms with Crippen molar-refractivity contribution < 1.29 is 64.6 Å². The molecule has 13 nitrogen and oxygen atoms in total. The predicted octanol–water partition coefficient (Wildman–Crippen LogP) is 2.17. The van der Waals surface area contributed by atoms with Gasteiger partial charge in [-0.2, -0.15) is 0 Å². The van der Waals surface area contributed by atoms with E-state index < -0.39 is 86.0 Å². The van der Waals surface area contributed by atoms with Crippen LogP contribution in [0.2, 0.25) is 0 Å². The Hall–Kier alpha value is -1.23. The molecule has 4 saturated carbocycles. The van der Waals surface area contributed by atoms with Crippen LogP contribution in [0.3, 0.4) is 0 Å². The van der Waals surface area contributed by atoms with Crippen LogP contribution in [0.5, 0.6) is 0 Å². The summed E-state index contributed by atoms with van der Waals surface area (Å²) in [6.45, 7) is 15.2. The Morgan fingerprint density at radius 2 is 1.33 bits per heavy atom. The summed E-state index contributed by atoms with van der Waals surface area (Å²) in [7, 11) is 0. The van der Waals surface area contributed by atoms with Gasteiger partial charge in [-0.25, -0.2) is 0 Å². The number of ether oxygens (including phenoxy) is 4. The quantitative estimate of drug-likeness (QED) is 0.110. The highest BCUT2D eigenvalue weighted by molar-refractivity contribution is 5.79. The first-order chi connectivity index (χ1) is 25.7. The molecule has 8 N–H and O–H groups in total. The number of rotatable bonds is 6. The van der Waals surface area contributed by atoms with Gasteiger partial charge in [-0.15, -0.1) is 0 Å². The Labute approximate surface area is 325 Å². The molecule has 0 spiro atoms. The Bertz CT molecular complexity index is 1470. The summed E-state index contributed by atoms with van der Waals surface area (Å²) in [6, 6.07) is 0. The number of carbonyl (C=O) groups is 1. The van der Waals surface area contributed by atoms with E-state index in [9.17, 15) is 45.6 Å². The maximum atomic E-state index is 14.6. The van der Waals surface area contributed by atoms with Gasteiger partial charge >= 0.3 is 5.97 Å². The molecule has 0 aromatic heterocycles. The Morgan fingerprint density at radius 1 is 0.727 bits per heavy atom. The summed E-state index contributed by atoms with van der Waals surface area (Å²) in [4.78, 5) is 14.6. The molecule has 13 heteroatoms. The fourth-order valence-corrected chi connectivity index (χ4v) is 13.8. The average molecular weight is 781 g/mol. The minimum atomic E-state index is -1.66. The third kappa shape index (κ3) is 6.06. The third-order valence-electron chi connectivity index (χ3n) is 17.6. The smallest absolute Gasteiger partial charge is 0.315 e. The van der Waals surface area contributed by atoms with Gasteiger partial charge in [-0.3, -0.25) is 4.79 Å². The van der Waals surface area contributed by atoms with E-state index >= 15 is 0 Å². The monoisotopic (exact) mass is 780 g/mol. The van der Waals surface area contributed by atoms with Crippen LogP contribution in [0, 0.1) is 56.7 Å². The van der Waals surface area contributed by atoms with E-state index in [2.05, 4.69) is 54.5 Å². The molecule has 7 rings (SSSR count). The van der Waals surface area contributed by atoms with Gasteiger partial charge in [0.1, 0.15) is 48.8 Å². The molecule has 6 fully saturated rings. The zero-order valence-electron chi connectivity index (χ0n) is 33.7. The largest absolute Gasteiger partial charge is 0.432 e. The van der Waals surface area contributed by atoms with Crippen LogP contribution in [0.4, 0.5) is 0 Å². The van der Waals surface area contributed by atoms with Gasteiger partial charge in [-0.1, -0.05) is 60.1 Å². The molecule has 2 saturated heterocycles. The minimum Gasteiger partial charge on any atom is -0.432 e. The SMILES string of the molecule is C[C@H]1[C@H](C)CC[C@]2(C(=O)O[C@@H]3O[C@H](CO)[C@@H](O)[C@H](O)[C@H]3O)CC[C@]3(C)C(=CC[C@@H]4[C@@]5(C)CC[C@H](O[C@@H]6O[C@H](CO)[C@@H](O)[C@H](O)[C@H]6O)C(C)(C)[C@@H]5CC[C@]43C)[C@H]12. The first-order valence-electron chi connectivity index (χ1n) is 20.9. The van der Waals surface area contributed by atoms with Crippen molar-refractivity contribution in [1.82, 2.24) is 0 Å². The molecule has 0 radical (unpaired) electrons. The van der Waals surface area contributed by atoms with E-state index in [1.165, 1.54) is 5.57 Å². The molecule has 314 valence electrons. The topological polar surface area (TPSA) is 216 Å². The van der Waals surface area contributed by atoms with Crippen LogP contribution in [-0.2, 0) is 23.7 Å². The zero-order chi connectivity index (χ0) is 40.2. The van der Waals surface area contributed by atoms with Crippen molar-refractivity contribution in [3.63, 3.8) is 0 Å². The second-order valence-electron chi connectivity index (χ2n) is 20.1. The normalized spacial score (nSPS) is 54.9. The number of aliphatic hydroxyl groups is 8. The molecule has 0 amide bonds. The first kappa shape index (κ1) is 41.9. The van der Waals surface area contributed by atoms with Gasteiger partial charge < -0.3 is 59.8 Å². The van der Waals surface area contributed by atoms with Crippen LogP contribution in [0.15, 0.2) is 11.6 Å². The van der Waals surface area contributed by atoms with Crippen molar-refractivity contribution in [1.29, 1.82) is 0 Å². The Balaban J connectivity index is 1.16. The second kappa shape index (κ2) is 14.5. The van der Waals surface area contributed by atoms with Crippen molar-refractivity contribution in [2.75, 3.05) is 13.2 Å². The molecule has 55 heavy (non-hydrogen) atoms. The van der Waals surface area contributed by atoms with Crippen LogP contribution < -0.4 is 0 Å². The highest BCUT2D eigenvalue weighted by Crippen LogP contribution is 2.76. The van der Waals surface area contributed by atoms with Crippen LogP contribution in [0.1, 0.15) is 106 Å². The van der Waals surface area contributed by atoms with E-state index in [-0.39, 0.29) is 45.5 Å². The number of allylic oxidation sites excluding steroid dienone is 2. The number of hydrogen-bond acceptors (Lipinski definition) is 13. The maximum Gasteiger partial charge on any atom is 0.315 e. The molecule has 0 unspecified atom stereocenters. The highest BCUT2D eigenvalue weighted by Gasteiger charge is 2.70. The number of fused-ring (bicyclic) bond motifs is 7. The standard InChI is InChI=1S/C42H68O13/c1-20-10-15-42(37(51)55-36-34(50)32(48)30(46)24(19-44)53-36)17-16-40(6)22(28(42)21(20)2)8-9-26-39(5)13-12-27(38(3,4)25(39)11-14-41(26,40)7)54-35-33(49)31(47)29(45)23(18-43)52-35/h8,20-21,23-36,43-50H,9-19H2,1-7H3/t20-,21+,23-,24-,25+,26-,27+,28+,29-,30-,31+,32+,33-,34-,35+,36+,39+,40-,41-,42+/m1/s1. The van der Waals surface area contributed by atoms with E-state index in [1.54, 1.807) is 0 Å². The molecule has 2 aliphatic heterocycles. The second-order valence-corrected chi connectivity index (χ2v) is 20.1. The molecule has 0 bridgehead atoms. The minimum absolute atomic E-state index is 0.0428. The van der Waals surface area contributed by atoms with Crippen LogP contribution in [-0.4, -0.2) is 128 Å². The molecular weight excluding hydrogens is 712 g/mol. The van der Waals surface area contributed by atoms with Gasteiger partial charge in [0.2, 0.25) is 6.29 Å². The number of hydrogen-bond donors (Lipinski definition) is 8.